The Morgan fingerprint density at radius 1 is 1.32 bits per heavy atom. The molecule has 1 N–H and O–H groups in total. The molecule has 2 heterocycles. The molecule has 0 amide bonds. The smallest absolute Gasteiger partial charge is 0.243 e. The maximum Gasteiger partial charge on any atom is 0.243 e. The van der Waals surface area contributed by atoms with E-state index in [2.05, 4.69) is 9.97 Å². The second-order valence-corrected chi connectivity index (χ2v) is 7.96. The number of benzene rings is 1. The molecule has 0 spiro atoms. The summed E-state index contributed by atoms with van der Waals surface area (Å²) < 4.78 is 26.8. The van der Waals surface area contributed by atoms with Gasteiger partial charge in [0.15, 0.2) is 0 Å². The van der Waals surface area contributed by atoms with Gasteiger partial charge in [-0.1, -0.05) is 11.6 Å². The molecule has 1 aromatic carbocycles. The lowest BCUT2D eigenvalue weighted by Crippen LogP contribution is -2.28. The van der Waals surface area contributed by atoms with E-state index in [1.54, 1.807) is 34.9 Å². The summed E-state index contributed by atoms with van der Waals surface area (Å²) in [6.45, 7) is 1.16. The summed E-state index contributed by atoms with van der Waals surface area (Å²) in [5.41, 5.74) is 1.10. The van der Waals surface area contributed by atoms with Gasteiger partial charge in [-0.05, 0) is 49.4 Å². The number of H-pyrrole nitrogens is 1. The average molecular weight is 340 g/mol. The zero-order valence-corrected chi connectivity index (χ0v) is 13.6. The minimum Gasteiger partial charge on any atom is -0.348 e. The second-order valence-electron chi connectivity index (χ2n) is 5.59. The standard InChI is InChI=1S/C15H18ClN3O2S/c16-13-2-5-15(6-3-13)22(20,21)19-8-7-12(10-19)1-4-14-9-17-11-18-14/h2-3,5-6,9,11-12H,1,4,7-8,10H2,(H,17,18). The van der Waals surface area contributed by atoms with Crippen molar-refractivity contribution in [2.45, 2.75) is 24.2 Å². The first kappa shape index (κ1) is 15.5. The van der Waals surface area contributed by atoms with Crippen LogP contribution in [-0.4, -0.2) is 35.8 Å². The Morgan fingerprint density at radius 2 is 2.09 bits per heavy atom. The molecule has 1 aliphatic heterocycles. The number of hydrogen-bond donors (Lipinski definition) is 1. The third-order valence-corrected chi connectivity index (χ3v) is 6.21. The summed E-state index contributed by atoms with van der Waals surface area (Å²) in [7, 11) is -3.41. The molecule has 1 unspecified atom stereocenters. The Morgan fingerprint density at radius 3 is 2.77 bits per heavy atom. The summed E-state index contributed by atoms with van der Waals surface area (Å²) in [6, 6.07) is 6.35. The van der Waals surface area contributed by atoms with Crippen LogP contribution < -0.4 is 0 Å². The van der Waals surface area contributed by atoms with Crippen LogP contribution in [-0.2, 0) is 16.4 Å². The van der Waals surface area contributed by atoms with E-state index in [1.807, 2.05) is 6.20 Å². The Labute approximate surface area is 135 Å². The summed E-state index contributed by atoms with van der Waals surface area (Å²) in [5.74, 6) is 0.394. The number of aromatic amines is 1. The van der Waals surface area contributed by atoms with Gasteiger partial charge in [0.25, 0.3) is 0 Å². The number of nitrogens with zero attached hydrogens (tertiary/aromatic N) is 2. The Bertz CT molecular complexity index is 714. The van der Waals surface area contributed by atoms with Crippen molar-refractivity contribution in [3.63, 3.8) is 0 Å². The van der Waals surface area contributed by atoms with Gasteiger partial charge in [0.05, 0.1) is 11.2 Å². The van der Waals surface area contributed by atoms with E-state index in [4.69, 9.17) is 11.6 Å². The van der Waals surface area contributed by atoms with Crippen LogP contribution >= 0.6 is 11.6 Å². The van der Waals surface area contributed by atoms with Gasteiger partial charge in [0.1, 0.15) is 0 Å². The number of aromatic nitrogens is 2. The lowest BCUT2D eigenvalue weighted by atomic mass is 10.0. The molecule has 1 aromatic heterocycles. The van der Waals surface area contributed by atoms with Crippen molar-refractivity contribution in [2.24, 2.45) is 5.92 Å². The molecule has 1 saturated heterocycles. The number of imidazole rings is 1. The molecule has 0 bridgehead atoms. The summed E-state index contributed by atoms with van der Waals surface area (Å²) in [6.07, 6.45) is 6.26. The first-order valence-electron chi connectivity index (χ1n) is 7.28. The van der Waals surface area contributed by atoms with Crippen molar-refractivity contribution in [3.05, 3.63) is 47.5 Å². The molecular weight excluding hydrogens is 322 g/mol. The van der Waals surface area contributed by atoms with Gasteiger partial charge in [-0.3, -0.25) is 0 Å². The van der Waals surface area contributed by atoms with Crippen molar-refractivity contribution in [1.82, 2.24) is 14.3 Å². The second kappa shape index (κ2) is 6.40. The van der Waals surface area contributed by atoms with Gasteiger partial charge in [0, 0.05) is 30.0 Å². The van der Waals surface area contributed by atoms with Crippen LogP contribution in [0.5, 0.6) is 0 Å². The molecule has 22 heavy (non-hydrogen) atoms. The fraction of sp³-hybridized carbons (Fsp3) is 0.400. The fourth-order valence-corrected chi connectivity index (χ4v) is 4.44. The number of aryl methyl sites for hydroxylation is 1. The van der Waals surface area contributed by atoms with Crippen molar-refractivity contribution >= 4 is 21.6 Å². The minimum atomic E-state index is -3.41. The zero-order valence-electron chi connectivity index (χ0n) is 12.1. The van der Waals surface area contributed by atoms with Crippen molar-refractivity contribution in [3.8, 4) is 0 Å². The van der Waals surface area contributed by atoms with E-state index in [-0.39, 0.29) is 0 Å². The molecule has 0 saturated carbocycles. The molecule has 2 aromatic rings. The van der Waals surface area contributed by atoms with Crippen LogP contribution in [0, 0.1) is 5.92 Å². The molecule has 1 aliphatic rings. The average Bonchev–Trinajstić information content (AvgIpc) is 3.17. The highest BCUT2D eigenvalue weighted by atomic mass is 35.5. The lowest BCUT2D eigenvalue weighted by Gasteiger charge is -2.16. The number of halogens is 1. The van der Waals surface area contributed by atoms with Gasteiger partial charge < -0.3 is 4.98 Å². The van der Waals surface area contributed by atoms with Crippen molar-refractivity contribution in [1.29, 1.82) is 0 Å². The minimum absolute atomic E-state index is 0.311. The summed E-state index contributed by atoms with van der Waals surface area (Å²) in [4.78, 5) is 7.39. The van der Waals surface area contributed by atoms with Crippen LogP contribution in [0.2, 0.25) is 5.02 Å². The van der Waals surface area contributed by atoms with E-state index in [9.17, 15) is 8.42 Å². The third-order valence-electron chi connectivity index (χ3n) is 4.08. The lowest BCUT2D eigenvalue weighted by molar-refractivity contribution is 0.446. The molecule has 7 heteroatoms. The highest BCUT2D eigenvalue weighted by molar-refractivity contribution is 7.89. The first-order chi connectivity index (χ1) is 10.6. The monoisotopic (exact) mass is 339 g/mol. The van der Waals surface area contributed by atoms with Gasteiger partial charge in [-0.15, -0.1) is 0 Å². The Kier molecular flexibility index (Phi) is 4.52. The van der Waals surface area contributed by atoms with Crippen molar-refractivity contribution < 1.29 is 8.42 Å². The summed E-state index contributed by atoms with van der Waals surface area (Å²) in [5, 5.41) is 0.540. The van der Waals surface area contributed by atoms with Crippen molar-refractivity contribution in [2.75, 3.05) is 13.1 Å². The quantitative estimate of drug-likeness (QED) is 0.910. The fourth-order valence-electron chi connectivity index (χ4n) is 2.79. The Balaban J connectivity index is 1.62. The third kappa shape index (κ3) is 3.34. The number of sulfonamides is 1. The number of hydrogen-bond acceptors (Lipinski definition) is 3. The van der Waals surface area contributed by atoms with Crippen LogP contribution in [0.4, 0.5) is 0 Å². The zero-order chi connectivity index (χ0) is 15.6. The molecule has 1 atom stereocenters. The highest BCUT2D eigenvalue weighted by Crippen LogP contribution is 2.27. The number of nitrogens with one attached hydrogen (secondary N) is 1. The van der Waals surface area contributed by atoms with E-state index in [0.717, 1.165) is 25.0 Å². The largest absolute Gasteiger partial charge is 0.348 e. The predicted molar refractivity (Wildman–Crippen MR) is 85.2 cm³/mol. The van der Waals surface area contributed by atoms with Crippen LogP contribution in [0.1, 0.15) is 18.5 Å². The normalized spacial score (nSPS) is 19.6. The SMILES string of the molecule is O=S(=O)(c1ccc(Cl)cc1)N1CCC(CCc2cnc[nH]2)C1. The first-order valence-corrected chi connectivity index (χ1v) is 9.10. The predicted octanol–water partition coefficient (Wildman–Crippen LogP) is 2.71. The number of rotatable bonds is 5. The maximum atomic E-state index is 12.6. The van der Waals surface area contributed by atoms with E-state index >= 15 is 0 Å². The van der Waals surface area contributed by atoms with E-state index < -0.39 is 10.0 Å². The molecule has 1 fully saturated rings. The molecule has 0 radical (unpaired) electrons. The van der Waals surface area contributed by atoms with Gasteiger partial charge in [-0.2, -0.15) is 4.31 Å². The maximum absolute atomic E-state index is 12.6. The van der Waals surface area contributed by atoms with Crippen LogP contribution in [0.3, 0.4) is 0 Å². The molecule has 3 rings (SSSR count). The highest BCUT2D eigenvalue weighted by Gasteiger charge is 2.32. The van der Waals surface area contributed by atoms with E-state index in [0.29, 0.717) is 28.9 Å². The Hall–Kier alpha value is -1.37. The molecule has 0 aliphatic carbocycles. The molecular formula is C15H18ClN3O2S. The topological polar surface area (TPSA) is 66.1 Å². The van der Waals surface area contributed by atoms with Gasteiger partial charge >= 0.3 is 0 Å². The van der Waals surface area contributed by atoms with Crippen LogP contribution in [0.15, 0.2) is 41.7 Å². The summed E-state index contributed by atoms with van der Waals surface area (Å²) >= 11 is 5.82. The van der Waals surface area contributed by atoms with E-state index in [1.165, 1.54) is 0 Å². The molecule has 5 nitrogen and oxygen atoms in total. The van der Waals surface area contributed by atoms with Gasteiger partial charge in [-0.25, -0.2) is 13.4 Å². The van der Waals surface area contributed by atoms with Crippen LogP contribution in [0.25, 0.3) is 0 Å². The molecule has 118 valence electrons. The van der Waals surface area contributed by atoms with Gasteiger partial charge in [0.2, 0.25) is 10.0 Å².